The molecule has 0 saturated heterocycles. The highest BCUT2D eigenvalue weighted by Gasteiger charge is 2.08. The number of guanidine groups is 1. The van der Waals surface area contributed by atoms with E-state index in [-0.39, 0.29) is 5.91 Å². The number of thioether (sulfide) groups is 1. The lowest BCUT2D eigenvalue weighted by Gasteiger charge is -2.12. The van der Waals surface area contributed by atoms with Crippen molar-refractivity contribution in [1.29, 1.82) is 0 Å². The van der Waals surface area contributed by atoms with Crippen LogP contribution < -0.4 is 16.0 Å². The molecule has 0 heterocycles. The first-order chi connectivity index (χ1) is 12.7. The highest BCUT2D eigenvalue weighted by Crippen LogP contribution is 2.15. The Labute approximate surface area is 163 Å². The molecule has 3 N–H and O–H groups in total. The van der Waals surface area contributed by atoms with E-state index < -0.39 is 0 Å². The van der Waals surface area contributed by atoms with Gasteiger partial charge in [-0.2, -0.15) is 0 Å². The Morgan fingerprint density at radius 3 is 2.35 bits per heavy atom. The Morgan fingerprint density at radius 2 is 1.62 bits per heavy atom. The number of rotatable bonds is 8. The number of carbonyl (C=O) groups is 1. The van der Waals surface area contributed by atoms with Gasteiger partial charge in [0.1, 0.15) is 0 Å². The van der Waals surface area contributed by atoms with E-state index in [4.69, 9.17) is 11.6 Å². The van der Waals surface area contributed by atoms with Crippen LogP contribution in [0.3, 0.4) is 0 Å². The highest BCUT2D eigenvalue weighted by atomic mass is 35.5. The zero-order valence-electron chi connectivity index (χ0n) is 14.7. The van der Waals surface area contributed by atoms with Gasteiger partial charge in [0.15, 0.2) is 5.96 Å². The fraction of sp³-hybridized carbons (Fsp3) is 0.263. The number of aliphatic imine (C=N–C) groups is 1. The van der Waals surface area contributed by atoms with Gasteiger partial charge in [-0.3, -0.25) is 9.79 Å². The van der Waals surface area contributed by atoms with Crippen LogP contribution in [0.25, 0.3) is 0 Å². The summed E-state index contributed by atoms with van der Waals surface area (Å²) < 4.78 is 0. The van der Waals surface area contributed by atoms with Crippen molar-refractivity contribution >= 4 is 35.2 Å². The molecule has 1 amide bonds. The topological polar surface area (TPSA) is 65.5 Å². The van der Waals surface area contributed by atoms with Crippen molar-refractivity contribution in [2.24, 2.45) is 4.99 Å². The van der Waals surface area contributed by atoms with Crippen molar-refractivity contribution in [2.75, 3.05) is 32.4 Å². The van der Waals surface area contributed by atoms with Gasteiger partial charge < -0.3 is 16.0 Å². The molecule has 2 aromatic carbocycles. The molecule has 0 aromatic heterocycles. The minimum Gasteiger partial charge on any atom is -0.356 e. The zero-order chi connectivity index (χ0) is 18.6. The Kier molecular flexibility index (Phi) is 8.86. The predicted octanol–water partition coefficient (Wildman–Crippen LogP) is 3.03. The number of halogens is 1. The first kappa shape index (κ1) is 20.1. The molecule has 2 rings (SSSR count). The lowest BCUT2D eigenvalue weighted by Crippen LogP contribution is -2.42. The van der Waals surface area contributed by atoms with E-state index in [0.29, 0.717) is 29.6 Å². The van der Waals surface area contributed by atoms with Gasteiger partial charge in [-0.25, -0.2) is 0 Å². The van der Waals surface area contributed by atoms with Gasteiger partial charge >= 0.3 is 0 Å². The maximum Gasteiger partial charge on any atom is 0.252 e. The molecule has 26 heavy (non-hydrogen) atoms. The molecular weight excluding hydrogens is 368 g/mol. The fourth-order valence-corrected chi connectivity index (χ4v) is 3.18. The first-order valence-electron chi connectivity index (χ1n) is 8.36. The minimum absolute atomic E-state index is 0.181. The number of nitrogens with zero attached hydrogens (tertiary/aromatic N) is 1. The molecule has 0 bridgehead atoms. The smallest absolute Gasteiger partial charge is 0.252 e. The number of amides is 1. The van der Waals surface area contributed by atoms with Crippen LogP contribution in [0, 0.1) is 0 Å². The van der Waals surface area contributed by atoms with Gasteiger partial charge in [-0.15, -0.1) is 11.8 Å². The Hall–Kier alpha value is -2.18. The van der Waals surface area contributed by atoms with E-state index in [1.165, 1.54) is 4.90 Å². The maximum absolute atomic E-state index is 12.1. The average Bonchev–Trinajstić information content (AvgIpc) is 2.67. The number of benzene rings is 2. The Balaban J connectivity index is 1.61. The lowest BCUT2D eigenvalue weighted by atomic mass is 10.2. The third-order valence-corrected chi connectivity index (χ3v) is 4.79. The van der Waals surface area contributed by atoms with E-state index in [2.05, 4.69) is 33.1 Å². The van der Waals surface area contributed by atoms with Gasteiger partial charge in [0, 0.05) is 37.3 Å². The van der Waals surface area contributed by atoms with Crippen LogP contribution in [0.2, 0.25) is 5.02 Å². The molecule has 0 fully saturated rings. The Morgan fingerprint density at radius 1 is 0.962 bits per heavy atom. The third kappa shape index (κ3) is 6.98. The SMILES string of the molecule is CN=C(NCCNC(=O)c1ccccc1Cl)NCCSc1ccccc1. The number of carbonyl (C=O) groups excluding carboxylic acids is 1. The van der Waals surface area contributed by atoms with E-state index in [1.54, 1.807) is 43.1 Å². The standard InChI is InChI=1S/C19H23ClN4OS/c1-21-19(24-13-14-26-15-7-3-2-4-8-15)23-12-11-22-18(25)16-9-5-6-10-17(16)20/h2-10H,11-14H2,1H3,(H,22,25)(H2,21,23,24). The average molecular weight is 391 g/mol. The molecule has 138 valence electrons. The molecule has 0 atom stereocenters. The third-order valence-electron chi connectivity index (χ3n) is 3.45. The monoisotopic (exact) mass is 390 g/mol. The summed E-state index contributed by atoms with van der Waals surface area (Å²) in [5.41, 5.74) is 0.481. The molecule has 0 saturated carbocycles. The quantitative estimate of drug-likeness (QED) is 0.280. The second-order valence-electron chi connectivity index (χ2n) is 5.32. The molecule has 0 aliphatic rings. The normalized spacial score (nSPS) is 11.1. The van der Waals surface area contributed by atoms with Crippen molar-refractivity contribution in [3.63, 3.8) is 0 Å². The molecule has 0 radical (unpaired) electrons. The van der Waals surface area contributed by atoms with Gasteiger partial charge in [0.25, 0.3) is 5.91 Å². The largest absolute Gasteiger partial charge is 0.356 e. The fourth-order valence-electron chi connectivity index (χ4n) is 2.17. The van der Waals surface area contributed by atoms with Crippen LogP contribution in [0.5, 0.6) is 0 Å². The van der Waals surface area contributed by atoms with Crippen LogP contribution in [0.15, 0.2) is 64.5 Å². The van der Waals surface area contributed by atoms with Crippen molar-refractivity contribution < 1.29 is 4.79 Å². The van der Waals surface area contributed by atoms with Crippen molar-refractivity contribution in [2.45, 2.75) is 4.90 Å². The summed E-state index contributed by atoms with van der Waals surface area (Å²) in [4.78, 5) is 17.5. The summed E-state index contributed by atoms with van der Waals surface area (Å²) in [7, 11) is 1.72. The number of nitrogens with one attached hydrogen (secondary N) is 3. The summed E-state index contributed by atoms with van der Waals surface area (Å²) in [6.45, 7) is 1.84. The second kappa shape index (κ2) is 11.4. The van der Waals surface area contributed by atoms with E-state index >= 15 is 0 Å². The molecular formula is C19H23ClN4OS. The van der Waals surface area contributed by atoms with E-state index in [1.807, 2.05) is 18.2 Å². The van der Waals surface area contributed by atoms with Crippen LogP contribution >= 0.6 is 23.4 Å². The van der Waals surface area contributed by atoms with Crippen molar-refractivity contribution in [3.8, 4) is 0 Å². The second-order valence-corrected chi connectivity index (χ2v) is 6.90. The summed E-state index contributed by atoms with van der Waals surface area (Å²) in [5.74, 6) is 1.47. The summed E-state index contributed by atoms with van der Waals surface area (Å²) in [6.07, 6.45) is 0. The maximum atomic E-state index is 12.1. The lowest BCUT2D eigenvalue weighted by molar-refractivity contribution is 0.0954. The minimum atomic E-state index is -0.181. The van der Waals surface area contributed by atoms with Gasteiger partial charge in [-0.1, -0.05) is 41.9 Å². The summed E-state index contributed by atoms with van der Waals surface area (Å²) in [6, 6.07) is 17.3. The molecule has 7 heteroatoms. The first-order valence-corrected chi connectivity index (χ1v) is 9.72. The van der Waals surface area contributed by atoms with Crippen LogP contribution in [0.4, 0.5) is 0 Å². The van der Waals surface area contributed by atoms with E-state index in [0.717, 1.165) is 12.3 Å². The molecule has 0 spiro atoms. The van der Waals surface area contributed by atoms with Gasteiger partial charge in [0.05, 0.1) is 10.6 Å². The van der Waals surface area contributed by atoms with Gasteiger partial charge in [0.2, 0.25) is 0 Å². The highest BCUT2D eigenvalue weighted by molar-refractivity contribution is 7.99. The van der Waals surface area contributed by atoms with Crippen LogP contribution in [0.1, 0.15) is 10.4 Å². The molecule has 5 nitrogen and oxygen atoms in total. The number of hydrogen-bond acceptors (Lipinski definition) is 3. The van der Waals surface area contributed by atoms with Crippen LogP contribution in [-0.2, 0) is 0 Å². The van der Waals surface area contributed by atoms with Crippen LogP contribution in [-0.4, -0.2) is 44.3 Å². The van der Waals surface area contributed by atoms with Crippen molar-refractivity contribution in [3.05, 3.63) is 65.2 Å². The zero-order valence-corrected chi connectivity index (χ0v) is 16.2. The molecule has 2 aromatic rings. The predicted molar refractivity (Wildman–Crippen MR) is 110 cm³/mol. The summed E-state index contributed by atoms with van der Waals surface area (Å²) in [5, 5.41) is 9.71. The molecule has 0 aliphatic heterocycles. The van der Waals surface area contributed by atoms with Gasteiger partial charge in [-0.05, 0) is 24.3 Å². The Bertz CT molecular complexity index is 724. The molecule has 0 aliphatic carbocycles. The summed E-state index contributed by atoms with van der Waals surface area (Å²) >= 11 is 7.80. The molecule has 0 unspecified atom stereocenters. The van der Waals surface area contributed by atoms with E-state index in [9.17, 15) is 4.79 Å². The van der Waals surface area contributed by atoms with Crippen molar-refractivity contribution in [1.82, 2.24) is 16.0 Å². The number of hydrogen-bond donors (Lipinski definition) is 3.